The molecule has 0 radical (unpaired) electrons. The van der Waals surface area contributed by atoms with E-state index in [0.29, 0.717) is 0 Å². The predicted octanol–water partition coefficient (Wildman–Crippen LogP) is -0.393. The molecule has 0 aromatic carbocycles. The number of hydrogen-bond donors (Lipinski definition) is 2. The minimum absolute atomic E-state index is 0.273. The molecule has 2 fully saturated rings. The Balaban J connectivity index is 1.81. The number of rotatable bonds is 4. The quantitative estimate of drug-likeness (QED) is 0.716. The van der Waals surface area contributed by atoms with Crippen molar-refractivity contribution < 1.29 is 4.79 Å². The highest BCUT2D eigenvalue weighted by molar-refractivity contribution is 5.85. The van der Waals surface area contributed by atoms with Crippen molar-refractivity contribution in [1.82, 2.24) is 9.80 Å². The number of amides is 1. The van der Waals surface area contributed by atoms with Crippen LogP contribution in [0.1, 0.15) is 25.7 Å². The molecule has 2 rings (SSSR count). The van der Waals surface area contributed by atoms with Gasteiger partial charge in [-0.05, 0) is 38.8 Å². The van der Waals surface area contributed by atoms with Crippen LogP contribution >= 0.6 is 0 Å². The van der Waals surface area contributed by atoms with Crippen LogP contribution in [-0.4, -0.2) is 61.0 Å². The summed E-state index contributed by atoms with van der Waals surface area (Å²) < 4.78 is 0. The third-order valence-corrected chi connectivity index (χ3v) is 4.72. The molecule has 0 bridgehead atoms. The molecule has 0 aromatic heterocycles. The number of nitrogens with zero attached hydrogens (tertiary/aromatic N) is 2. The van der Waals surface area contributed by atoms with E-state index in [1.165, 1.54) is 0 Å². The smallest absolute Gasteiger partial charge is 0.237 e. The first-order valence-electron chi connectivity index (χ1n) is 7.02. The summed E-state index contributed by atoms with van der Waals surface area (Å²) in [4.78, 5) is 16.3. The van der Waals surface area contributed by atoms with E-state index in [2.05, 4.69) is 16.8 Å². The van der Waals surface area contributed by atoms with E-state index in [1.807, 2.05) is 0 Å². The Morgan fingerprint density at radius 2 is 2.00 bits per heavy atom. The Labute approximate surface area is 109 Å². The fourth-order valence-electron chi connectivity index (χ4n) is 3.24. The van der Waals surface area contributed by atoms with E-state index in [4.69, 9.17) is 11.5 Å². The molecular formula is C13H26N4O. The summed E-state index contributed by atoms with van der Waals surface area (Å²) in [6.07, 6.45) is 3.85. The van der Waals surface area contributed by atoms with E-state index in [0.717, 1.165) is 58.4 Å². The highest BCUT2D eigenvalue weighted by Gasteiger charge is 2.44. The Morgan fingerprint density at radius 3 is 2.61 bits per heavy atom. The molecule has 1 saturated heterocycles. The van der Waals surface area contributed by atoms with Gasteiger partial charge in [-0.15, -0.1) is 0 Å². The molecule has 1 aliphatic carbocycles. The number of carbonyl (C=O) groups excluding carboxylic acids is 1. The predicted molar refractivity (Wildman–Crippen MR) is 72.0 cm³/mol. The summed E-state index contributed by atoms with van der Waals surface area (Å²) >= 11 is 0. The minimum Gasteiger partial charge on any atom is -0.368 e. The maximum absolute atomic E-state index is 11.5. The summed E-state index contributed by atoms with van der Waals surface area (Å²) in [5.41, 5.74) is 10.9. The van der Waals surface area contributed by atoms with Gasteiger partial charge < -0.3 is 21.3 Å². The zero-order valence-electron chi connectivity index (χ0n) is 11.4. The maximum Gasteiger partial charge on any atom is 0.237 e. The van der Waals surface area contributed by atoms with Crippen molar-refractivity contribution >= 4 is 5.91 Å². The number of nitrogens with two attached hydrogens (primary N) is 2. The lowest BCUT2D eigenvalue weighted by Gasteiger charge is -2.34. The van der Waals surface area contributed by atoms with Gasteiger partial charge in [-0.2, -0.15) is 0 Å². The van der Waals surface area contributed by atoms with Gasteiger partial charge >= 0.3 is 0 Å². The number of primary amides is 1. The second kappa shape index (κ2) is 5.55. The van der Waals surface area contributed by atoms with E-state index in [-0.39, 0.29) is 11.8 Å². The Morgan fingerprint density at radius 1 is 1.33 bits per heavy atom. The van der Waals surface area contributed by atoms with Crippen molar-refractivity contribution in [3.05, 3.63) is 0 Å². The molecular weight excluding hydrogens is 228 g/mol. The highest BCUT2D eigenvalue weighted by atomic mass is 16.1. The molecule has 2 aliphatic rings. The van der Waals surface area contributed by atoms with E-state index < -0.39 is 5.54 Å². The topological polar surface area (TPSA) is 75.6 Å². The van der Waals surface area contributed by atoms with Crippen molar-refractivity contribution in [2.75, 3.05) is 39.8 Å². The van der Waals surface area contributed by atoms with Gasteiger partial charge in [-0.3, -0.25) is 4.79 Å². The number of likely N-dealkylation sites (N-methyl/N-ethyl adjacent to an activating group) is 1. The van der Waals surface area contributed by atoms with Crippen LogP contribution in [0.4, 0.5) is 0 Å². The molecule has 1 aliphatic heterocycles. The Hall–Kier alpha value is -0.650. The fraction of sp³-hybridized carbons (Fsp3) is 0.923. The summed E-state index contributed by atoms with van der Waals surface area (Å²) in [6, 6.07) is 0. The van der Waals surface area contributed by atoms with Gasteiger partial charge in [0.05, 0.1) is 5.54 Å². The normalized spacial score (nSPS) is 34.9. The molecule has 1 saturated carbocycles. The average Bonchev–Trinajstić information content (AvgIpc) is 2.72. The van der Waals surface area contributed by atoms with Gasteiger partial charge in [-0.25, -0.2) is 0 Å². The van der Waals surface area contributed by atoms with Gasteiger partial charge in [0, 0.05) is 26.2 Å². The number of hydrogen-bond acceptors (Lipinski definition) is 4. The van der Waals surface area contributed by atoms with Gasteiger partial charge in [0.15, 0.2) is 0 Å². The van der Waals surface area contributed by atoms with E-state index in [9.17, 15) is 4.79 Å². The largest absolute Gasteiger partial charge is 0.368 e. The molecule has 104 valence electrons. The van der Waals surface area contributed by atoms with Gasteiger partial charge in [0.1, 0.15) is 0 Å². The van der Waals surface area contributed by atoms with Crippen LogP contribution in [0.5, 0.6) is 0 Å². The SMILES string of the molecule is CN1CCN(CCC2CCCC2(N)C(N)=O)CC1. The molecule has 1 heterocycles. The van der Waals surface area contributed by atoms with Crippen LogP contribution in [0, 0.1) is 5.92 Å². The van der Waals surface area contributed by atoms with E-state index in [1.54, 1.807) is 0 Å². The third-order valence-electron chi connectivity index (χ3n) is 4.72. The molecule has 0 spiro atoms. The van der Waals surface area contributed by atoms with Crippen molar-refractivity contribution in [1.29, 1.82) is 0 Å². The lowest BCUT2D eigenvalue weighted by atomic mass is 9.85. The average molecular weight is 254 g/mol. The summed E-state index contributed by atoms with van der Waals surface area (Å²) in [7, 11) is 2.16. The van der Waals surface area contributed by atoms with Crippen molar-refractivity contribution in [2.45, 2.75) is 31.2 Å². The molecule has 5 nitrogen and oxygen atoms in total. The standard InChI is InChI=1S/C13H26N4O/c1-16-7-9-17(10-8-16)6-4-11-3-2-5-13(11,15)12(14)18/h11H,2-10,15H2,1H3,(H2,14,18). The first-order valence-corrected chi connectivity index (χ1v) is 7.02. The minimum atomic E-state index is -0.743. The van der Waals surface area contributed by atoms with Crippen molar-refractivity contribution in [3.8, 4) is 0 Å². The molecule has 4 N–H and O–H groups in total. The summed E-state index contributed by atoms with van der Waals surface area (Å²) in [5.74, 6) is -0.0435. The summed E-state index contributed by atoms with van der Waals surface area (Å²) in [6.45, 7) is 5.56. The number of piperazine rings is 1. The Kier molecular flexibility index (Phi) is 4.25. The van der Waals surface area contributed by atoms with Crippen LogP contribution in [0.25, 0.3) is 0 Å². The molecule has 2 atom stereocenters. The van der Waals surface area contributed by atoms with E-state index >= 15 is 0 Å². The van der Waals surface area contributed by atoms with Gasteiger partial charge in [0.25, 0.3) is 0 Å². The molecule has 18 heavy (non-hydrogen) atoms. The van der Waals surface area contributed by atoms with Crippen LogP contribution in [0.15, 0.2) is 0 Å². The molecule has 0 aromatic rings. The molecule has 2 unspecified atom stereocenters. The molecule has 5 heteroatoms. The lowest BCUT2D eigenvalue weighted by molar-refractivity contribution is -0.124. The maximum atomic E-state index is 11.5. The fourth-order valence-corrected chi connectivity index (χ4v) is 3.24. The Bertz CT molecular complexity index is 301. The van der Waals surface area contributed by atoms with Crippen molar-refractivity contribution in [2.24, 2.45) is 17.4 Å². The lowest BCUT2D eigenvalue weighted by Crippen LogP contribution is -2.55. The number of carbonyl (C=O) groups is 1. The van der Waals surface area contributed by atoms with Crippen molar-refractivity contribution in [3.63, 3.8) is 0 Å². The second-order valence-corrected chi connectivity index (χ2v) is 5.93. The van der Waals surface area contributed by atoms with Crippen LogP contribution in [0.2, 0.25) is 0 Å². The highest BCUT2D eigenvalue weighted by Crippen LogP contribution is 2.35. The first kappa shape index (κ1) is 13.8. The zero-order valence-corrected chi connectivity index (χ0v) is 11.4. The second-order valence-electron chi connectivity index (χ2n) is 5.93. The molecule has 1 amide bonds. The van der Waals surface area contributed by atoms with Crippen LogP contribution in [-0.2, 0) is 4.79 Å². The first-order chi connectivity index (χ1) is 8.52. The monoisotopic (exact) mass is 254 g/mol. The van der Waals surface area contributed by atoms with Crippen LogP contribution < -0.4 is 11.5 Å². The third kappa shape index (κ3) is 2.84. The summed E-state index contributed by atoms with van der Waals surface area (Å²) in [5, 5.41) is 0. The zero-order chi connectivity index (χ0) is 13.2. The van der Waals surface area contributed by atoms with Crippen LogP contribution in [0.3, 0.4) is 0 Å². The van der Waals surface area contributed by atoms with Gasteiger partial charge in [0.2, 0.25) is 5.91 Å². The van der Waals surface area contributed by atoms with Gasteiger partial charge in [-0.1, -0.05) is 6.42 Å².